The van der Waals surface area contributed by atoms with Crippen molar-refractivity contribution in [3.8, 4) is 5.75 Å². The van der Waals surface area contributed by atoms with Gasteiger partial charge in [0.25, 0.3) is 5.91 Å². The van der Waals surface area contributed by atoms with Crippen molar-refractivity contribution in [1.29, 1.82) is 0 Å². The van der Waals surface area contributed by atoms with Crippen molar-refractivity contribution in [2.45, 2.75) is 31.3 Å². The van der Waals surface area contributed by atoms with E-state index in [4.69, 9.17) is 10.5 Å². The van der Waals surface area contributed by atoms with Crippen molar-refractivity contribution in [1.82, 2.24) is 0 Å². The number of hydrogen-bond donors (Lipinski definition) is 1. The number of halogens is 2. The number of nitrogens with two attached hydrogens (primary N) is 1. The topological polar surface area (TPSA) is 52.3 Å². The molecule has 2 rings (SSSR count). The summed E-state index contributed by atoms with van der Waals surface area (Å²) >= 11 is 0. The summed E-state index contributed by atoms with van der Waals surface area (Å²) in [6, 6.07) is 2.98. The molecule has 1 fully saturated rings. The molecule has 1 amide bonds. The lowest BCUT2D eigenvalue weighted by molar-refractivity contribution is -0.133. The number of carbonyl (C=O) groups excluding carboxylic acids is 1. The fourth-order valence-electron chi connectivity index (χ4n) is 2.11. The van der Waals surface area contributed by atoms with Gasteiger partial charge in [-0.3, -0.25) is 4.79 Å². The third-order valence-corrected chi connectivity index (χ3v) is 3.06. The first kappa shape index (κ1) is 11.8. The Morgan fingerprint density at radius 3 is 2.47 bits per heavy atom. The standard InChI is InChI=1S/C12H13F2NO2/c13-8-3-4-10(9(14)7-8)17-12(11(15)16)5-1-2-6-12/h3-4,7H,1-2,5-6H2,(H2,15,16). The minimum absolute atomic E-state index is 0.132. The summed E-state index contributed by atoms with van der Waals surface area (Å²) in [5.41, 5.74) is 4.16. The Bertz CT molecular complexity index is 442. The molecule has 0 unspecified atom stereocenters. The van der Waals surface area contributed by atoms with E-state index < -0.39 is 23.1 Å². The van der Waals surface area contributed by atoms with Crippen molar-refractivity contribution in [3.05, 3.63) is 29.8 Å². The van der Waals surface area contributed by atoms with Crippen LogP contribution in [0.1, 0.15) is 25.7 Å². The predicted octanol–water partition coefficient (Wildman–Crippen LogP) is 2.14. The lowest BCUT2D eigenvalue weighted by Crippen LogP contribution is -2.46. The lowest BCUT2D eigenvalue weighted by atomic mass is 10.0. The molecule has 0 spiro atoms. The van der Waals surface area contributed by atoms with Crippen LogP contribution >= 0.6 is 0 Å². The number of rotatable bonds is 3. The first-order valence-electron chi connectivity index (χ1n) is 5.47. The molecule has 17 heavy (non-hydrogen) atoms. The summed E-state index contributed by atoms with van der Waals surface area (Å²) in [6.45, 7) is 0. The largest absolute Gasteiger partial charge is 0.474 e. The zero-order valence-electron chi connectivity index (χ0n) is 9.21. The summed E-state index contributed by atoms with van der Waals surface area (Å²) in [5, 5.41) is 0. The maximum absolute atomic E-state index is 13.4. The van der Waals surface area contributed by atoms with Gasteiger partial charge in [-0.05, 0) is 37.8 Å². The highest BCUT2D eigenvalue weighted by Crippen LogP contribution is 2.35. The van der Waals surface area contributed by atoms with Crippen molar-refractivity contribution in [2.24, 2.45) is 5.73 Å². The second kappa shape index (κ2) is 4.31. The number of primary amides is 1. The highest BCUT2D eigenvalue weighted by Gasteiger charge is 2.42. The molecule has 1 aromatic rings. The predicted molar refractivity (Wildman–Crippen MR) is 57.4 cm³/mol. The van der Waals surface area contributed by atoms with E-state index in [0.717, 1.165) is 25.0 Å². The molecule has 1 saturated carbocycles. The molecule has 5 heteroatoms. The highest BCUT2D eigenvalue weighted by molar-refractivity contribution is 5.84. The van der Waals surface area contributed by atoms with Crippen molar-refractivity contribution in [2.75, 3.05) is 0 Å². The Hall–Kier alpha value is -1.65. The first-order valence-corrected chi connectivity index (χ1v) is 5.47. The molecule has 0 aromatic heterocycles. The van der Waals surface area contributed by atoms with Crippen molar-refractivity contribution in [3.63, 3.8) is 0 Å². The minimum atomic E-state index is -1.14. The second-order valence-corrected chi connectivity index (χ2v) is 4.24. The van der Waals surface area contributed by atoms with Crippen LogP contribution in [-0.2, 0) is 4.79 Å². The summed E-state index contributed by atoms with van der Waals surface area (Å²) in [6.07, 6.45) is 2.57. The summed E-state index contributed by atoms with van der Waals surface area (Å²) in [5.74, 6) is -2.24. The second-order valence-electron chi connectivity index (χ2n) is 4.24. The van der Waals surface area contributed by atoms with Gasteiger partial charge >= 0.3 is 0 Å². The molecule has 2 N–H and O–H groups in total. The van der Waals surface area contributed by atoms with Crippen LogP contribution in [0.5, 0.6) is 5.75 Å². The van der Waals surface area contributed by atoms with Crippen LogP contribution in [0.4, 0.5) is 8.78 Å². The fraction of sp³-hybridized carbons (Fsp3) is 0.417. The van der Waals surface area contributed by atoms with E-state index >= 15 is 0 Å². The van der Waals surface area contributed by atoms with E-state index in [-0.39, 0.29) is 5.75 Å². The molecule has 1 aromatic carbocycles. The van der Waals surface area contributed by atoms with E-state index in [0.29, 0.717) is 12.8 Å². The van der Waals surface area contributed by atoms with E-state index in [9.17, 15) is 13.6 Å². The quantitative estimate of drug-likeness (QED) is 0.881. The Labute approximate surface area is 97.6 Å². The van der Waals surface area contributed by atoms with Gasteiger partial charge in [-0.25, -0.2) is 8.78 Å². The van der Waals surface area contributed by atoms with Gasteiger partial charge in [0.15, 0.2) is 17.2 Å². The van der Waals surface area contributed by atoms with Crippen LogP contribution in [0.15, 0.2) is 18.2 Å². The van der Waals surface area contributed by atoms with Gasteiger partial charge in [-0.15, -0.1) is 0 Å². The van der Waals surface area contributed by atoms with Crippen LogP contribution < -0.4 is 10.5 Å². The van der Waals surface area contributed by atoms with Crippen LogP contribution in [0, 0.1) is 11.6 Å². The number of hydrogen-bond acceptors (Lipinski definition) is 2. The summed E-state index contributed by atoms with van der Waals surface area (Å²) in [7, 11) is 0. The average molecular weight is 241 g/mol. The molecular weight excluding hydrogens is 228 g/mol. The Morgan fingerprint density at radius 2 is 1.94 bits per heavy atom. The molecule has 0 saturated heterocycles. The van der Waals surface area contributed by atoms with Crippen LogP contribution in [0.3, 0.4) is 0 Å². The maximum atomic E-state index is 13.4. The number of carbonyl (C=O) groups is 1. The molecule has 0 bridgehead atoms. The molecular formula is C12H13F2NO2. The Morgan fingerprint density at radius 1 is 1.29 bits per heavy atom. The zero-order chi connectivity index (χ0) is 12.5. The van der Waals surface area contributed by atoms with Gasteiger partial charge in [-0.2, -0.15) is 0 Å². The van der Waals surface area contributed by atoms with Gasteiger partial charge in [-0.1, -0.05) is 0 Å². The van der Waals surface area contributed by atoms with Crippen molar-refractivity contribution < 1.29 is 18.3 Å². The number of ether oxygens (including phenoxy) is 1. The van der Waals surface area contributed by atoms with Crippen molar-refractivity contribution >= 4 is 5.91 Å². The van der Waals surface area contributed by atoms with Gasteiger partial charge < -0.3 is 10.5 Å². The summed E-state index contributed by atoms with van der Waals surface area (Å²) < 4.78 is 31.5. The fourth-order valence-corrected chi connectivity index (χ4v) is 2.11. The van der Waals surface area contributed by atoms with E-state index in [2.05, 4.69) is 0 Å². The van der Waals surface area contributed by atoms with Crippen LogP contribution in [-0.4, -0.2) is 11.5 Å². The molecule has 0 aliphatic heterocycles. The molecule has 1 aliphatic carbocycles. The van der Waals surface area contributed by atoms with Crippen LogP contribution in [0.25, 0.3) is 0 Å². The molecule has 92 valence electrons. The molecule has 1 aliphatic rings. The number of benzene rings is 1. The normalized spacial score (nSPS) is 18.0. The monoisotopic (exact) mass is 241 g/mol. The molecule has 0 radical (unpaired) electrons. The van der Waals surface area contributed by atoms with E-state index in [1.54, 1.807) is 0 Å². The van der Waals surface area contributed by atoms with Gasteiger partial charge in [0.2, 0.25) is 0 Å². The Balaban J connectivity index is 2.26. The first-order chi connectivity index (χ1) is 8.03. The average Bonchev–Trinajstić information content (AvgIpc) is 2.72. The van der Waals surface area contributed by atoms with Gasteiger partial charge in [0, 0.05) is 6.07 Å². The highest BCUT2D eigenvalue weighted by atomic mass is 19.1. The molecule has 3 nitrogen and oxygen atoms in total. The van der Waals surface area contributed by atoms with Gasteiger partial charge in [0.1, 0.15) is 5.82 Å². The summed E-state index contributed by atoms with van der Waals surface area (Å²) in [4.78, 5) is 11.4. The molecule has 0 heterocycles. The minimum Gasteiger partial charge on any atom is -0.474 e. The smallest absolute Gasteiger partial charge is 0.261 e. The Kier molecular flexibility index (Phi) is 3.00. The molecule has 0 atom stereocenters. The number of amides is 1. The third kappa shape index (κ3) is 2.23. The zero-order valence-corrected chi connectivity index (χ0v) is 9.21. The SMILES string of the molecule is NC(=O)C1(Oc2ccc(F)cc2F)CCCC1. The maximum Gasteiger partial charge on any atom is 0.261 e. The van der Waals surface area contributed by atoms with Crippen LogP contribution in [0.2, 0.25) is 0 Å². The van der Waals surface area contributed by atoms with Gasteiger partial charge in [0.05, 0.1) is 0 Å². The van der Waals surface area contributed by atoms with E-state index in [1.165, 1.54) is 6.07 Å². The third-order valence-electron chi connectivity index (χ3n) is 3.06. The lowest BCUT2D eigenvalue weighted by Gasteiger charge is -2.26. The van der Waals surface area contributed by atoms with E-state index in [1.807, 2.05) is 0 Å².